The van der Waals surface area contributed by atoms with Gasteiger partial charge in [0.2, 0.25) is 0 Å². The normalized spacial score (nSPS) is 15.6. The number of para-hydroxylation sites is 1. The first-order valence-electron chi connectivity index (χ1n) is 10.4. The molecule has 1 aliphatic heterocycles. The fraction of sp³-hybridized carbons (Fsp3) is 0.208. The zero-order valence-corrected chi connectivity index (χ0v) is 20.3. The third kappa shape index (κ3) is 4.34. The van der Waals surface area contributed by atoms with Gasteiger partial charge in [-0.3, -0.25) is 19.5 Å². The van der Waals surface area contributed by atoms with Gasteiger partial charge in [-0.05, 0) is 49.9 Å². The van der Waals surface area contributed by atoms with E-state index in [0.29, 0.717) is 21.6 Å². The second-order valence-corrected chi connectivity index (χ2v) is 9.28. The van der Waals surface area contributed by atoms with Gasteiger partial charge in [-0.2, -0.15) is 0 Å². The fourth-order valence-corrected chi connectivity index (χ4v) is 5.26. The van der Waals surface area contributed by atoms with Crippen LogP contribution >= 0.6 is 23.1 Å². The molecule has 0 saturated carbocycles. The van der Waals surface area contributed by atoms with Crippen LogP contribution in [-0.2, 0) is 9.53 Å². The van der Waals surface area contributed by atoms with Gasteiger partial charge in [-0.15, -0.1) is 11.8 Å². The minimum absolute atomic E-state index is 0.0964. The summed E-state index contributed by atoms with van der Waals surface area (Å²) in [4.78, 5) is 43.4. The van der Waals surface area contributed by atoms with Crippen molar-refractivity contribution < 1.29 is 14.5 Å². The third-order valence-electron chi connectivity index (χ3n) is 5.37. The van der Waals surface area contributed by atoms with E-state index in [-0.39, 0.29) is 22.4 Å². The van der Waals surface area contributed by atoms with E-state index in [9.17, 15) is 19.7 Å². The molecule has 10 heteroatoms. The molecule has 0 spiro atoms. The lowest BCUT2D eigenvalue weighted by Gasteiger charge is -2.24. The molecule has 34 heavy (non-hydrogen) atoms. The number of allylic oxidation sites excluding steroid dienone is 1. The lowest BCUT2D eigenvalue weighted by Crippen LogP contribution is -2.39. The molecule has 1 atom stereocenters. The lowest BCUT2D eigenvalue weighted by atomic mass is 9.96. The van der Waals surface area contributed by atoms with E-state index in [1.165, 1.54) is 16.7 Å². The number of fused-ring (bicyclic) bond motifs is 1. The minimum atomic E-state index is -0.723. The zero-order chi connectivity index (χ0) is 24.4. The molecule has 0 N–H and O–H groups in total. The van der Waals surface area contributed by atoms with Crippen molar-refractivity contribution in [2.75, 3.05) is 12.9 Å². The molecule has 0 unspecified atom stereocenters. The van der Waals surface area contributed by atoms with Gasteiger partial charge in [0.25, 0.3) is 11.2 Å². The number of thioether (sulfide) groups is 1. The summed E-state index contributed by atoms with van der Waals surface area (Å²) in [6, 6.07) is 13.1. The van der Waals surface area contributed by atoms with E-state index >= 15 is 0 Å². The van der Waals surface area contributed by atoms with Crippen molar-refractivity contribution in [1.82, 2.24) is 4.57 Å². The summed E-state index contributed by atoms with van der Waals surface area (Å²) in [6.45, 7) is 3.63. The topological polar surface area (TPSA) is 104 Å². The molecule has 2 heterocycles. The van der Waals surface area contributed by atoms with Gasteiger partial charge in [0.05, 0.1) is 38.9 Å². The molecule has 0 fully saturated rings. The fourth-order valence-electron chi connectivity index (χ4n) is 3.81. The van der Waals surface area contributed by atoms with Crippen molar-refractivity contribution in [3.8, 4) is 0 Å². The Morgan fingerprint density at radius 3 is 2.62 bits per heavy atom. The number of nitro groups is 1. The standard InChI is InChI=1S/C24H21N3O5S2/c1-4-32-23(29)20-14(2)25-24-26(21(20)15-9-11-17(33-3)12-10-15)22(28)19(34-24)13-16-7-5-6-8-18(16)27(30)31/h5-13,21H,4H2,1-3H3/b19-13+/t21-/m0/s1. The number of nitro benzene ring substituents is 1. The largest absolute Gasteiger partial charge is 0.463 e. The lowest BCUT2D eigenvalue weighted by molar-refractivity contribution is -0.385. The van der Waals surface area contributed by atoms with Crippen LogP contribution in [0.1, 0.15) is 31.0 Å². The molecule has 2 aromatic carbocycles. The van der Waals surface area contributed by atoms with Crippen LogP contribution in [0.4, 0.5) is 5.69 Å². The Kier molecular flexibility index (Phi) is 6.80. The van der Waals surface area contributed by atoms with Crippen LogP contribution in [0.15, 0.2) is 74.5 Å². The molecule has 1 aliphatic rings. The Labute approximate surface area is 203 Å². The quantitative estimate of drug-likeness (QED) is 0.225. The second kappa shape index (κ2) is 9.78. The van der Waals surface area contributed by atoms with Gasteiger partial charge in [-0.25, -0.2) is 9.79 Å². The molecule has 3 aromatic rings. The number of hydrogen-bond donors (Lipinski definition) is 0. The van der Waals surface area contributed by atoms with Crippen LogP contribution in [0.25, 0.3) is 6.08 Å². The smallest absolute Gasteiger partial charge is 0.338 e. The van der Waals surface area contributed by atoms with E-state index in [1.54, 1.807) is 43.8 Å². The molecular formula is C24H21N3O5S2. The average Bonchev–Trinajstić information content (AvgIpc) is 3.13. The van der Waals surface area contributed by atoms with Crippen molar-refractivity contribution in [1.29, 1.82) is 0 Å². The number of thiazole rings is 1. The molecule has 8 nitrogen and oxygen atoms in total. The summed E-state index contributed by atoms with van der Waals surface area (Å²) >= 11 is 2.72. The maximum Gasteiger partial charge on any atom is 0.338 e. The molecular weight excluding hydrogens is 474 g/mol. The van der Waals surface area contributed by atoms with Gasteiger partial charge >= 0.3 is 5.97 Å². The van der Waals surface area contributed by atoms with Gasteiger partial charge in [0.1, 0.15) is 0 Å². The minimum Gasteiger partial charge on any atom is -0.463 e. The zero-order valence-electron chi connectivity index (χ0n) is 18.7. The average molecular weight is 496 g/mol. The first-order valence-corrected chi connectivity index (χ1v) is 12.5. The van der Waals surface area contributed by atoms with Crippen LogP contribution in [0.3, 0.4) is 0 Å². The number of nitrogens with zero attached hydrogens (tertiary/aromatic N) is 3. The number of carbonyl (C=O) groups excluding carboxylic acids is 1. The number of benzene rings is 2. The highest BCUT2D eigenvalue weighted by Gasteiger charge is 2.33. The van der Waals surface area contributed by atoms with Crippen molar-refractivity contribution in [3.63, 3.8) is 0 Å². The number of carbonyl (C=O) groups is 1. The molecule has 174 valence electrons. The SMILES string of the molecule is CCOC(=O)C1=C(C)N=c2s/c(=C/c3ccccc3[N+](=O)[O-])c(=O)n2[C@H]1c1ccc(SC)cc1. The predicted molar refractivity (Wildman–Crippen MR) is 132 cm³/mol. The summed E-state index contributed by atoms with van der Waals surface area (Å²) in [7, 11) is 0. The van der Waals surface area contributed by atoms with Gasteiger partial charge in [0.15, 0.2) is 4.80 Å². The molecule has 1 aromatic heterocycles. The Bertz CT molecular complexity index is 1490. The highest BCUT2D eigenvalue weighted by atomic mass is 32.2. The number of rotatable bonds is 6. The van der Waals surface area contributed by atoms with Gasteiger partial charge in [-0.1, -0.05) is 35.6 Å². The van der Waals surface area contributed by atoms with E-state index in [2.05, 4.69) is 4.99 Å². The molecule has 0 amide bonds. The third-order valence-corrected chi connectivity index (χ3v) is 7.10. The maximum absolute atomic E-state index is 13.6. The molecule has 0 saturated heterocycles. The van der Waals surface area contributed by atoms with Crippen LogP contribution in [0.2, 0.25) is 0 Å². The van der Waals surface area contributed by atoms with Crippen LogP contribution < -0.4 is 14.9 Å². The summed E-state index contributed by atoms with van der Waals surface area (Å²) in [5.41, 5.74) is 1.35. The van der Waals surface area contributed by atoms with Gasteiger partial charge < -0.3 is 4.74 Å². The predicted octanol–water partition coefficient (Wildman–Crippen LogP) is 3.43. The highest BCUT2D eigenvalue weighted by molar-refractivity contribution is 7.98. The molecule has 0 bridgehead atoms. The number of aromatic nitrogens is 1. The summed E-state index contributed by atoms with van der Waals surface area (Å²) in [6.07, 6.45) is 3.47. The van der Waals surface area contributed by atoms with Crippen LogP contribution in [-0.4, -0.2) is 28.3 Å². The molecule has 0 radical (unpaired) electrons. The van der Waals surface area contributed by atoms with E-state index in [1.807, 2.05) is 30.5 Å². The number of hydrogen-bond acceptors (Lipinski definition) is 8. The Balaban J connectivity index is 1.96. The van der Waals surface area contributed by atoms with Gasteiger partial charge in [0, 0.05) is 11.0 Å². The molecule has 0 aliphatic carbocycles. The van der Waals surface area contributed by atoms with Crippen molar-refractivity contribution in [2.24, 2.45) is 4.99 Å². The van der Waals surface area contributed by atoms with Crippen LogP contribution in [0, 0.1) is 10.1 Å². The summed E-state index contributed by atoms with van der Waals surface area (Å²) in [5, 5.41) is 11.4. The highest BCUT2D eigenvalue weighted by Crippen LogP contribution is 2.31. The second-order valence-electron chi connectivity index (χ2n) is 7.39. The van der Waals surface area contributed by atoms with E-state index < -0.39 is 16.9 Å². The number of ether oxygens (including phenoxy) is 1. The number of esters is 1. The Morgan fingerprint density at radius 1 is 1.26 bits per heavy atom. The molecule has 4 rings (SSSR count). The first kappa shape index (κ1) is 23.7. The van der Waals surface area contributed by atoms with Crippen molar-refractivity contribution >= 4 is 40.8 Å². The van der Waals surface area contributed by atoms with E-state index in [0.717, 1.165) is 21.8 Å². The Hall–Kier alpha value is -3.50. The summed E-state index contributed by atoms with van der Waals surface area (Å²) in [5.74, 6) is -0.532. The van der Waals surface area contributed by atoms with E-state index in [4.69, 9.17) is 4.74 Å². The van der Waals surface area contributed by atoms with Crippen LogP contribution in [0.5, 0.6) is 0 Å². The summed E-state index contributed by atoms with van der Waals surface area (Å²) < 4.78 is 7.05. The maximum atomic E-state index is 13.6. The first-order chi connectivity index (χ1) is 16.3. The monoisotopic (exact) mass is 495 g/mol. The van der Waals surface area contributed by atoms with Crippen molar-refractivity contribution in [3.05, 3.63) is 101 Å². The van der Waals surface area contributed by atoms with Crippen molar-refractivity contribution in [2.45, 2.75) is 24.8 Å². The Morgan fingerprint density at radius 2 is 1.97 bits per heavy atom.